The van der Waals surface area contributed by atoms with Crippen molar-refractivity contribution in [1.29, 1.82) is 0 Å². The van der Waals surface area contributed by atoms with E-state index in [9.17, 15) is 9.59 Å². The lowest BCUT2D eigenvalue weighted by Gasteiger charge is -2.24. The summed E-state index contributed by atoms with van der Waals surface area (Å²) in [5.74, 6) is 1.49. The van der Waals surface area contributed by atoms with Crippen LogP contribution in [0.3, 0.4) is 0 Å². The second kappa shape index (κ2) is 9.72. The standard InChI is InChI=1S/C24H31N7O2/c32-21-16-31(13-6-12-26-21)24-28-19-8-3-1-2-7-18(19)22(29-24)27-17-10-14-30(15-17)23(33)20-9-4-5-11-25-20/h4-5,9,11,17H,1-3,6-8,10,12-16H2,(H,26,32)(H,27,28,29). The summed E-state index contributed by atoms with van der Waals surface area (Å²) in [4.78, 5) is 42.8. The second-order valence-corrected chi connectivity index (χ2v) is 9.08. The van der Waals surface area contributed by atoms with Crippen molar-refractivity contribution in [3.63, 3.8) is 0 Å². The van der Waals surface area contributed by atoms with Gasteiger partial charge in [0.15, 0.2) is 0 Å². The van der Waals surface area contributed by atoms with Gasteiger partial charge in [0, 0.05) is 44.0 Å². The predicted octanol–water partition coefficient (Wildman–Crippen LogP) is 1.79. The van der Waals surface area contributed by atoms with Crippen molar-refractivity contribution in [1.82, 2.24) is 25.2 Å². The highest BCUT2D eigenvalue weighted by Gasteiger charge is 2.29. The van der Waals surface area contributed by atoms with Gasteiger partial charge >= 0.3 is 0 Å². The molecule has 1 unspecified atom stereocenters. The zero-order valence-corrected chi connectivity index (χ0v) is 18.9. The van der Waals surface area contributed by atoms with E-state index in [1.807, 2.05) is 21.9 Å². The minimum atomic E-state index is -0.0299. The molecule has 0 bridgehead atoms. The van der Waals surface area contributed by atoms with E-state index in [-0.39, 0.29) is 24.4 Å². The fourth-order valence-electron chi connectivity index (χ4n) is 4.90. The Morgan fingerprint density at radius 3 is 2.88 bits per heavy atom. The third-order valence-corrected chi connectivity index (χ3v) is 6.67. The quantitative estimate of drug-likeness (QED) is 0.686. The summed E-state index contributed by atoms with van der Waals surface area (Å²) in [6, 6.07) is 5.54. The lowest BCUT2D eigenvalue weighted by atomic mass is 10.1. The van der Waals surface area contributed by atoms with Crippen LogP contribution in [0, 0.1) is 0 Å². The highest BCUT2D eigenvalue weighted by molar-refractivity contribution is 5.92. The van der Waals surface area contributed by atoms with Gasteiger partial charge in [-0.05, 0) is 50.7 Å². The molecule has 9 nitrogen and oxygen atoms in total. The fourth-order valence-corrected chi connectivity index (χ4v) is 4.90. The van der Waals surface area contributed by atoms with Crippen LogP contribution in [-0.4, -0.2) is 70.4 Å². The van der Waals surface area contributed by atoms with Crippen LogP contribution >= 0.6 is 0 Å². The highest BCUT2D eigenvalue weighted by Crippen LogP contribution is 2.29. The summed E-state index contributed by atoms with van der Waals surface area (Å²) in [6.45, 7) is 3.05. The first kappa shape index (κ1) is 21.6. The van der Waals surface area contributed by atoms with Gasteiger partial charge < -0.3 is 20.4 Å². The Balaban J connectivity index is 1.37. The summed E-state index contributed by atoms with van der Waals surface area (Å²) in [5.41, 5.74) is 2.78. The summed E-state index contributed by atoms with van der Waals surface area (Å²) < 4.78 is 0. The number of rotatable bonds is 4. The lowest BCUT2D eigenvalue weighted by molar-refractivity contribution is -0.119. The van der Waals surface area contributed by atoms with Crippen molar-refractivity contribution in [3.8, 4) is 0 Å². The number of pyridine rings is 1. The van der Waals surface area contributed by atoms with Crippen molar-refractivity contribution in [3.05, 3.63) is 41.3 Å². The van der Waals surface area contributed by atoms with Crippen LogP contribution in [0.25, 0.3) is 0 Å². The molecule has 4 heterocycles. The number of hydrogen-bond acceptors (Lipinski definition) is 7. The summed E-state index contributed by atoms with van der Waals surface area (Å²) in [7, 11) is 0. The second-order valence-electron chi connectivity index (χ2n) is 9.08. The molecule has 33 heavy (non-hydrogen) atoms. The first-order valence-corrected chi connectivity index (χ1v) is 12.1. The SMILES string of the molecule is O=C1CN(c2nc3c(c(NC4CCN(C(=O)c5ccccn5)C4)n2)CCCCC3)CCCN1. The Kier molecular flexibility index (Phi) is 6.37. The number of carbonyl (C=O) groups is 2. The van der Waals surface area contributed by atoms with E-state index in [1.165, 1.54) is 12.0 Å². The first-order chi connectivity index (χ1) is 16.2. The molecule has 0 aromatic carbocycles. The Morgan fingerprint density at radius 2 is 2.00 bits per heavy atom. The molecule has 2 aliphatic heterocycles. The summed E-state index contributed by atoms with van der Waals surface area (Å²) >= 11 is 0. The van der Waals surface area contributed by atoms with E-state index in [0.29, 0.717) is 31.3 Å². The van der Waals surface area contributed by atoms with Crippen molar-refractivity contribution in [2.45, 2.75) is 51.0 Å². The summed E-state index contributed by atoms with van der Waals surface area (Å²) in [5, 5.41) is 6.57. The van der Waals surface area contributed by atoms with Crippen molar-refractivity contribution in [2.24, 2.45) is 0 Å². The van der Waals surface area contributed by atoms with Gasteiger partial charge in [-0.3, -0.25) is 14.6 Å². The largest absolute Gasteiger partial charge is 0.365 e. The first-order valence-electron chi connectivity index (χ1n) is 12.1. The van der Waals surface area contributed by atoms with Crippen LogP contribution < -0.4 is 15.5 Å². The van der Waals surface area contributed by atoms with Gasteiger partial charge in [-0.2, -0.15) is 4.98 Å². The molecular formula is C24H31N7O2. The van der Waals surface area contributed by atoms with Gasteiger partial charge in [0.05, 0.1) is 12.2 Å². The normalized spacial score (nSPS) is 21.1. The van der Waals surface area contributed by atoms with Crippen LogP contribution in [0.15, 0.2) is 24.4 Å². The summed E-state index contributed by atoms with van der Waals surface area (Å²) in [6.07, 6.45) is 8.73. The fraction of sp³-hybridized carbons (Fsp3) is 0.542. The molecule has 1 atom stereocenters. The van der Waals surface area contributed by atoms with E-state index in [4.69, 9.17) is 9.97 Å². The Morgan fingerprint density at radius 1 is 1.09 bits per heavy atom. The van der Waals surface area contributed by atoms with E-state index >= 15 is 0 Å². The number of likely N-dealkylation sites (tertiary alicyclic amines) is 1. The number of fused-ring (bicyclic) bond motifs is 1. The van der Waals surface area contributed by atoms with E-state index < -0.39 is 0 Å². The molecule has 174 valence electrons. The molecule has 0 saturated carbocycles. The molecule has 2 saturated heterocycles. The van der Waals surface area contributed by atoms with E-state index in [1.54, 1.807) is 12.3 Å². The zero-order valence-electron chi connectivity index (χ0n) is 18.9. The molecule has 5 rings (SSSR count). The molecule has 2 N–H and O–H groups in total. The number of carbonyl (C=O) groups excluding carboxylic acids is 2. The molecule has 3 aliphatic rings. The number of aromatic nitrogens is 3. The van der Waals surface area contributed by atoms with Crippen LogP contribution in [0.2, 0.25) is 0 Å². The maximum Gasteiger partial charge on any atom is 0.272 e. The van der Waals surface area contributed by atoms with E-state index in [2.05, 4.69) is 15.6 Å². The van der Waals surface area contributed by atoms with Crippen molar-refractivity contribution >= 4 is 23.6 Å². The van der Waals surface area contributed by atoms with Gasteiger partial charge in [0.2, 0.25) is 11.9 Å². The third kappa shape index (κ3) is 4.91. The maximum absolute atomic E-state index is 12.8. The predicted molar refractivity (Wildman–Crippen MR) is 125 cm³/mol. The molecule has 2 aromatic heterocycles. The van der Waals surface area contributed by atoms with Crippen LogP contribution in [0.1, 0.15) is 53.8 Å². The minimum Gasteiger partial charge on any atom is -0.365 e. The van der Waals surface area contributed by atoms with Gasteiger partial charge in [-0.25, -0.2) is 4.98 Å². The molecule has 2 amide bonds. The van der Waals surface area contributed by atoms with Gasteiger partial charge in [-0.15, -0.1) is 0 Å². The van der Waals surface area contributed by atoms with E-state index in [0.717, 1.165) is 56.6 Å². The average Bonchev–Trinajstić information content (AvgIpc) is 3.02. The molecule has 0 spiro atoms. The van der Waals surface area contributed by atoms with Crippen LogP contribution in [0.5, 0.6) is 0 Å². The third-order valence-electron chi connectivity index (χ3n) is 6.67. The minimum absolute atomic E-state index is 0.0139. The molecule has 1 aliphatic carbocycles. The van der Waals surface area contributed by atoms with Gasteiger partial charge in [-0.1, -0.05) is 12.5 Å². The van der Waals surface area contributed by atoms with Crippen LogP contribution in [0.4, 0.5) is 11.8 Å². The average molecular weight is 450 g/mol. The van der Waals surface area contributed by atoms with Crippen LogP contribution in [-0.2, 0) is 17.6 Å². The Hall–Kier alpha value is -3.23. The maximum atomic E-state index is 12.8. The van der Waals surface area contributed by atoms with Crippen molar-refractivity contribution < 1.29 is 9.59 Å². The molecular weight excluding hydrogens is 418 g/mol. The number of hydrogen-bond donors (Lipinski definition) is 2. The number of anilines is 2. The zero-order chi connectivity index (χ0) is 22.6. The lowest BCUT2D eigenvalue weighted by Crippen LogP contribution is -2.35. The number of aryl methyl sites for hydroxylation is 1. The van der Waals surface area contributed by atoms with Gasteiger partial charge in [0.25, 0.3) is 5.91 Å². The molecule has 0 radical (unpaired) electrons. The molecule has 2 aromatic rings. The number of nitrogens with zero attached hydrogens (tertiary/aromatic N) is 5. The smallest absolute Gasteiger partial charge is 0.272 e. The van der Waals surface area contributed by atoms with Crippen molar-refractivity contribution in [2.75, 3.05) is 42.9 Å². The Labute approximate surface area is 194 Å². The number of amides is 2. The Bertz CT molecular complexity index is 1010. The highest BCUT2D eigenvalue weighted by atomic mass is 16.2. The van der Waals surface area contributed by atoms with Gasteiger partial charge in [0.1, 0.15) is 11.5 Å². The topological polar surface area (TPSA) is 103 Å². The monoisotopic (exact) mass is 449 g/mol. The molecule has 9 heteroatoms. The molecule has 2 fully saturated rings. The number of nitrogens with one attached hydrogen (secondary N) is 2.